The summed E-state index contributed by atoms with van der Waals surface area (Å²) in [6.45, 7) is -1.01. The second-order valence-electron chi connectivity index (χ2n) is 8.39. The van der Waals surface area contributed by atoms with Gasteiger partial charge in [-0.25, -0.2) is 0 Å². The van der Waals surface area contributed by atoms with E-state index >= 15 is 0 Å². The lowest BCUT2D eigenvalue weighted by molar-refractivity contribution is -0.213. The molecule has 11 heteroatoms. The van der Waals surface area contributed by atoms with Gasteiger partial charge in [0.1, 0.15) is 6.54 Å². The van der Waals surface area contributed by atoms with Crippen molar-refractivity contribution in [3.8, 4) is 0 Å². The van der Waals surface area contributed by atoms with Crippen LogP contribution in [0.1, 0.15) is 15.9 Å². The minimum absolute atomic E-state index is 0.0296. The number of aromatic nitrogens is 2. The van der Waals surface area contributed by atoms with E-state index < -0.39 is 37.2 Å². The summed E-state index contributed by atoms with van der Waals surface area (Å²) >= 11 is 0. The molecular weight excluding hydrogens is 451 g/mol. The molecule has 2 aliphatic rings. The number of anilines is 2. The van der Waals surface area contributed by atoms with Crippen molar-refractivity contribution in [2.75, 3.05) is 31.6 Å². The maximum Gasteiger partial charge on any atom is 0.411 e. The molecule has 0 bridgehead atoms. The lowest BCUT2D eigenvalue weighted by Gasteiger charge is -2.37. The molecule has 3 aromatic rings. The van der Waals surface area contributed by atoms with Crippen molar-refractivity contribution < 1.29 is 27.5 Å². The number of aryl methyl sites for hydroxylation is 1. The number of amides is 2. The van der Waals surface area contributed by atoms with E-state index in [0.29, 0.717) is 16.8 Å². The first-order valence-corrected chi connectivity index (χ1v) is 10.8. The van der Waals surface area contributed by atoms with Crippen molar-refractivity contribution in [2.24, 2.45) is 7.05 Å². The highest BCUT2D eigenvalue weighted by atomic mass is 19.4. The van der Waals surface area contributed by atoms with Crippen LogP contribution in [0.4, 0.5) is 24.5 Å². The Morgan fingerprint density at radius 1 is 1.26 bits per heavy atom. The van der Waals surface area contributed by atoms with E-state index in [2.05, 4.69) is 10.4 Å². The number of halogens is 3. The number of carbonyl (C=O) groups excluding carboxylic acids is 2. The van der Waals surface area contributed by atoms with Gasteiger partial charge in [-0.15, -0.1) is 0 Å². The fraction of sp³-hybridized carbons (Fsp3) is 0.348. The Kier molecular flexibility index (Phi) is 5.43. The fourth-order valence-electron chi connectivity index (χ4n) is 4.48. The first-order chi connectivity index (χ1) is 16.2. The van der Waals surface area contributed by atoms with E-state index in [1.165, 1.54) is 4.90 Å². The molecule has 2 amide bonds. The lowest BCUT2D eigenvalue weighted by atomic mass is 10.1. The molecule has 0 spiro atoms. The Hall–Kier alpha value is -3.60. The maximum absolute atomic E-state index is 13.3. The van der Waals surface area contributed by atoms with Gasteiger partial charge in [0.25, 0.3) is 5.91 Å². The van der Waals surface area contributed by atoms with Crippen molar-refractivity contribution >= 4 is 34.1 Å². The SMILES string of the molecule is Cn1ncc2cc(Nc3cccc4c3C(=O)N(CC(=O)N3CCOC[C@H]3C(F)(F)F)C4)ccc21. The number of carbonyl (C=O) groups is 2. The smallest absolute Gasteiger partial charge is 0.377 e. The van der Waals surface area contributed by atoms with Gasteiger partial charge in [0, 0.05) is 31.2 Å². The first-order valence-electron chi connectivity index (χ1n) is 10.8. The van der Waals surface area contributed by atoms with Crippen LogP contribution in [0.15, 0.2) is 42.6 Å². The van der Waals surface area contributed by atoms with Crippen LogP contribution < -0.4 is 5.32 Å². The number of hydrogen-bond acceptors (Lipinski definition) is 5. The zero-order chi connectivity index (χ0) is 24.0. The summed E-state index contributed by atoms with van der Waals surface area (Å²) in [7, 11) is 1.85. The largest absolute Gasteiger partial charge is 0.411 e. The molecule has 5 rings (SSSR count). The van der Waals surface area contributed by atoms with Crippen LogP contribution in [-0.4, -0.2) is 69.9 Å². The van der Waals surface area contributed by atoms with Crippen molar-refractivity contribution in [3.63, 3.8) is 0 Å². The zero-order valence-electron chi connectivity index (χ0n) is 18.3. The highest BCUT2D eigenvalue weighted by Crippen LogP contribution is 2.33. The predicted molar refractivity (Wildman–Crippen MR) is 118 cm³/mol. The Labute approximate surface area is 192 Å². The normalized spacial score (nSPS) is 18.5. The van der Waals surface area contributed by atoms with Gasteiger partial charge >= 0.3 is 6.18 Å². The van der Waals surface area contributed by atoms with E-state index in [9.17, 15) is 22.8 Å². The molecule has 1 aromatic heterocycles. The minimum Gasteiger partial charge on any atom is -0.377 e. The highest BCUT2D eigenvalue weighted by molar-refractivity contribution is 6.05. The average molecular weight is 473 g/mol. The number of rotatable bonds is 4. The van der Waals surface area contributed by atoms with Crippen LogP contribution >= 0.6 is 0 Å². The third kappa shape index (κ3) is 3.96. The van der Waals surface area contributed by atoms with E-state index in [-0.39, 0.29) is 19.7 Å². The van der Waals surface area contributed by atoms with Crippen molar-refractivity contribution in [2.45, 2.75) is 18.8 Å². The summed E-state index contributed by atoms with van der Waals surface area (Å²) < 4.78 is 46.7. The number of nitrogens with zero attached hydrogens (tertiary/aromatic N) is 4. The lowest BCUT2D eigenvalue weighted by Crippen LogP contribution is -2.57. The van der Waals surface area contributed by atoms with E-state index in [0.717, 1.165) is 21.5 Å². The molecule has 8 nitrogen and oxygen atoms in total. The second kappa shape index (κ2) is 8.32. The van der Waals surface area contributed by atoms with E-state index in [4.69, 9.17) is 4.74 Å². The number of morpholine rings is 1. The summed E-state index contributed by atoms with van der Waals surface area (Å²) in [6, 6.07) is 9.04. The summed E-state index contributed by atoms with van der Waals surface area (Å²) in [5, 5.41) is 8.41. The number of hydrogen-bond donors (Lipinski definition) is 1. The van der Waals surface area contributed by atoms with Crippen molar-refractivity contribution in [3.05, 3.63) is 53.7 Å². The molecule has 2 aliphatic heterocycles. The monoisotopic (exact) mass is 473 g/mol. The molecule has 1 saturated heterocycles. The zero-order valence-corrected chi connectivity index (χ0v) is 18.3. The molecule has 1 N–H and O–H groups in total. The number of nitrogens with one attached hydrogen (secondary N) is 1. The molecule has 0 unspecified atom stereocenters. The van der Waals surface area contributed by atoms with E-state index in [1.54, 1.807) is 29.1 Å². The third-order valence-corrected chi connectivity index (χ3v) is 6.19. The molecule has 178 valence electrons. The van der Waals surface area contributed by atoms with Gasteiger partial charge < -0.3 is 19.9 Å². The Bertz CT molecular complexity index is 1270. The summed E-state index contributed by atoms with van der Waals surface area (Å²) in [5.74, 6) is -1.14. The fourth-order valence-corrected chi connectivity index (χ4v) is 4.48. The summed E-state index contributed by atoms with van der Waals surface area (Å²) in [4.78, 5) is 28.0. The van der Waals surface area contributed by atoms with Gasteiger partial charge in [-0.2, -0.15) is 18.3 Å². The first kappa shape index (κ1) is 22.2. The molecule has 2 aromatic carbocycles. The van der Waals surface area contributed by atoms with Gasteiger partial charge in [-0.05, 0) is 29.8 Å². The average Bonchev–Trinajstić information content (AvgIpc) is 3.33. The van der Waals surface area contributed by atoms with Crippen LogP contribution in [0.25, 0.3) is 10.9 Å². The molecule has 1 atom stereocenters. The van der Waals surface area contributed by atoms with Crippen molar-refractivity contribution in [1.29, 1.82) is 0 Å². The third-order valence-electron chi connectivity index (χ3n) is 6.19. The molecule has 1 fully saturated rings. The van der Waals surface area contributed by atoms with Gasteiger partial charge in [0.15, 0.2) is 6.04 Å². The molecule has 0 saturated carbocycles. The second-order valence-corrected chi connectivity index (χ2v) is 8.39. The molecule has 3 heterocycles. The minimum atomic E-state index is -4.60. The quantitative estimate of drug-likeness (QED) is 0.630. The van der Waals surface area contributed by atoms with Crippen LogP contribution in [0, 0.1) is 0 Å². The van der Waals surface area contributed by atoms with E-state index in [1.807, 2.05) is 25.2 Å². The predicted octanol–water partition coefficient (Wildman–Crippen LogP) is 3.06. The van der Waals surface area contributed by atoms with Gasteiger partial charge in [-0.1, -0.05) is 12.1 Å². The van der Waals surface area contributed by atoms with Crippen LogP contribution in [-0.2, 0) is 23.1 Å². The van der Waals surface area contributed by atoms with Crippen LogP contribution in [0.5, 0.6) is 0 Å². The van der Waals surface area contributed by atoms with Crippen LogP contribution in [0.2, 0.25) is 0 Å². The number of fused-ring (bicyclic) bond motifs is 2. The highest BCUT2D eigenvalue weighted by Gasteiger charge is 2.47. The molecule has 0 radical (unpaired) electrons. The Morgan fingerprint density at radius 3 is 2.88 bits per heavy atom. The molecule has 34 heavy (non-hydrogen) atoms. The Morgan fingerprint density at radius 2 is 2.09 bits per heavy atom. The number of alkyl halides is 3. The summed E-state index contributed by atoms with van der Waals surface area (Å²) in [5.41, 5.74) is 3.42. The number of ether oxygens (including phenoxy) is 1. The standard InChI is InChI=1S/C23H22F3N5O3/c1-29-18-6-5-16(9-15(18)10-27-29)28-17-4-2-3-14-11-30(22(33)21(14)17)12-20(32)31-7-8-34-13-19(31)23(24,25)26/h2-6,9-10,19,28H,7-8,11-13H2,1H3/t19-/m0/s1. The van der Waals surface area contributed by atoms with Crippen LogP contribution in [0.3, 0.4) is 0 Å². The van der Waals surface area contributed by atoms with Gasteiger partial charge in [0.2, 0.25) is 5.91 Å². The maximum atomic E-state index is 13.3. The molecule has 0 aliphatic carbocycles. The topological polar surface area (TPSA) is 79.7 Å². The number of benzene rings is 2. The van der Waals surface area contributed by atoms with Crippen molar-refractivity contribution in [1.82, 2.24) is 19.6 Å². The van der Waals surface area contributed by atoms with Gasteiger partial charge in [-0.3, -0.25) is 14.3 Å². The molecular formula is C23H22F3N5O3. The Balaban J connectivity index is 1.34. The summed E-state index contributed by atoms with van der Waals surface area (Å²) in [6.07, 6.45) is -2.85. The van der Waals surface area contributed by atoms with Gasteiger partial charge in [0.05, 0.1) is 36.2 Å².